The standard InChI is InChI=1S/C14H16N4OS/c1-17-12(15-16-14(17)20)10-7-8-3-2-4-11(8)18(13(10)19)9-5-6-9/h7,9H,2-6H2,1H3,(H,16,20). The summed E-state index contributed by atoms with van der Waals surface area (Å²) < 4.78 is 4.33. The minimum absolute atomic E-state index is 0.0882. The monoisotopic (exact) mass is 288 g/mol. The van der Waals surface area contributed by atoms with E-state index in [1.807, 2.05) is 17.7 Å². The molecule has 4 rings (SSSR count). The molecule has 0 unspecified atom stereocenters. The number of pyridine rings is 1. The second-order valence-electron chi connectivity index (χ2n) is 5.70. The van der Waals surface area contributed by atoms with Gasteiger partial charge in [-0.1, -0.05) is 0 Å². The van der Waals surface area contributed by atoms with Crippen LogP contribution in [0.15, 0.2) is 10.9 Å². The van der Waals surface area contributed by atoms with E-state index in [0.717, 1.165) is 32.1 Å². The van der Waals surface area contributed by atoms with E-state index in [1.165, 1.54) is 11.3 Å². The average molecular weight is 288 g/mol. The fourth-order valence-electron chi connectivity index (χ4n) is 3.14. The highest BCUT2D eigenvalue weighted by Gasteiger charge is 2.31. The lowest BCUT2D eigenvalue weighted by molar-refractivity contribution is 0.664. The molecule has 2 aliphatic rings. The number of nitrogens with one attached hydrogen (secondary N) is 1. The zero-order chi connectivity index (χ0) is 13.9. The molecule has 5 nitrogen and oxygen atoms in total. The topological polar surface area (TPSA) is 55.6 Å². The van der Waals surface area contributed by atoms with E-state index in [2.05, 4.69) is 10.2 Å². The van der Waals surface area contributed by atoms with Crippen molar-refractivity contribution in [2.45, 2.75) is 38.1 Å². The van der Waals surface area contributed by atoms with Gasteiger partial charge in [0.2, 0.25) is 0 Å². The van der Waals surface area contributed by atoms with Crippen LogP contribution in [0.3, 0.4) is 0 Å². The van der Waals surface area contributed by atoms with Crippen molar-refractivity contribution in [3.63, 3.8) is 0 Å². The number of hydrogen-bond donors (Lipinski definition) is 1. The summed E-state index contributed by atoms with van der Waals surface area (Å²) in [5.41, 5.74) is 3.32. The van der Waals surface area contributed by atoms with E-state index in [1.54, 1.807) is 4.57 Å². The normalized spacial score (nSPS) is 17.4. The Balaban J connectivity index is 2.02. The molecule has 1 N–H and O–H groups in total. The van der Waals surface area contributed by atoms with Gasteiger partial charge in [-0.05, 0) is 56.0 Å². The summed E-state index contributed by atoms with van der Waals surface area (Å²) in [6.45, 7) is 0. The summed E-state index contributed by atoms with van der Waals surface area (Å²) in [6, 6.07) is 2.43. The van der Waals surface area contributed by atoms with Crippen LogP contribution in [-0.2, 0) is 19.9 Å². The number of nitrogens with zero attached hydrogens (tertiary/aromatic N) is 3. The lowest BCUT2D eigenvalue weighted by Gasteiger charge is -2.13. The molecule has 1 fully saturated rings. The lowest BCUT2D eigenvalue weighted by atomic mass is 10.1. The molecular weight excluding hydrogens is 272 g/mol. The highest BCUT2D eigenvalue weighted by Crippen LogP contribution is 2.37. The Morgan fingerprint density at radius 2 is 2.20 bits per heavy atom. The summed E-state index contributed by atoms with van der Waals surface area (Å²) in [5.74, 6) is 0.643. The molecule has 2 heterocycles. The van der Waals surface area contributed by atoms with E-state index in [-0.39, 0.29) is 5.56 Å². The van der Waals surface area contributed by atoms with E-state index in [4.69, 9.17) is 12.2 Å². The molecule has 104 valence electrons. The van der Waals surface area contributed by atoms with Crippen LogP contribution in [0, 0.1) is 4.77 Å². The summed E-state index contributed by atoms with van der Waals surface area (Å²) in [7, 11) is 1.84. The van der Waals surface area contributed by atoms with Gasteiger partial charge in [0.15, 0.2) is 10.6 Å². The average Bonchev–Trinajstić information content (AvgIpc) is 3.07. The third-order valence-corrected chi connectivity index (χ3v) is 4.69. The van der Waals surface area contributed by atoms with Crippen molar-refractivity contribution in [3.8, 4) is 11.4 Å². The highest BCUT2D eigenvalue weighted by atomic mass is 32.1. The van der Waals surface area contributed by atoms with E-state index in [0.29, 0.717) is 22.2 Å². The third kappa shape index (κ3) is 1.64. The number of hydrogen-bond acceptors (Lipinski definition) is 3. The smallest absolute Gasteiger partial charge is 0.262 e. The van der Waals surface area contributed by atoms with E-state index >= 15 is 0 Å². The number of aromatic amines is 1. The van der Waals surface area contributed by atoms with Crippen LogP contribution in [0.5, 0.6) is 0 Å². The number of H-pyrrole nitrogens is 1. The Morgan fingerprint density at radius 3 is 2.85 bits per heavy atom. The first kappa shape index (κ1) is 12.1. The van der Waals surface area contributed by atoms with Crippen molar-refractivity contribution >= 4 is 12.2 Å². The highest BCUT2D eigenvalue weighted by molar-refractivity contribution is 7.71. The largest absolute Gasteiger partial charge is 0.309 e. The minimum atomic E-state index is 0.0882. The van der Waals surface area contributed by atoms with Gasteiger partial charge in [-0.2, -0.15) is 5.10 Å². The SMILES string of the molecule is Cn1c(-c2cc3c(n(C4CC4)c2=O)CCC3)n[nH]c1=S. The van der Waals surface area contributed by atoms with Gasteiger partial charge in [0, 0.05) is 18.8 Å². The van der Waals surface area contributed by atoms with Crippen LogP contribution in [-0.4, -0.2) is 19.3 Å². The number of aromatic nitrogens is 4. The second kappa shape index (κ2) is 4.15. The maximum atomic E-state index is 12.8. The fraction of sp³-hybridized carbons (Fsp3) is 0.500. The van der Waals surface area contributed by atoms with Crippen molar-refractivity contribution in [2.24, 2.45) is 7.05 Å². The summed E-state index contributed by atoms with van der Waals surface area (Å²) in [5, 5.41) is 6.99. The van der Waals surface area contributed by atoms with Crippen LogP contribution in [0.4, 0.5) is 0 Å². The Bertz CT molecular complexity index is 810. The van der Waals surface area contributed by atoms with Gasteiger partial charge in [0.25, 0.3) is 5.56 Å². The Morgan fingerprint density at radius 1 is 1.40 bits per heavy atom. The van der Waals surface area contributed by atoms with Crippen LogP contribution >= 0.6 is 12.2 Å². The molecular formula is C14H16N4OS. The molecule has 1 saturated carbocycles. The predicted molar refractivity (Wildman–Crippen MR) is 78.4 cm³/mol. The lowest BCUT2D eigenvalue weighted by Crippen LogP contribution is -2.25. The molecule has 0 amide bonds. The molecule has 2 aromatic rings. The van der Waals surface area contributed by atoms with Gasteiger partial charge < -0.3 is 9.13 Å². The van der Waals surface area contributed by atoms with Crippen molar-refractivity contribution in [2.75, 3.05) is 0 Å². The molecule has 0 saturated heterocycles. The number of fused-ring (bicyclic) bond motifs is 1. The van der Waals surface area contributed by atoms with Crippen molar-refractivity contribution in [3.05, 3.63) is 32.4 Å². The van der Waals surface area contributed by atoms with E-state index < -0.39 is 0 Å². The molecule has 0 atom stereocenters. The zero-order valence-electron chi connectivity index (χ0n) is 11.3. The maximum Gasteiger partial charge on any atom is 0.262 e. The van der Waals surface area contributed by atoms with Crippen molar-refractivity contribution < 1.29 is 0 Å². The van der Waals surface area contributed by atoms with Crippen LogP contribution in [0.2, 0.25) is 0 Å². The quantitative estimate of drug-likeness (QED) is 0.861. The third-order valence-electron chi connectivity index (χ3n) is 4.32. The second-order valence-corrected chi connectivity index (χ2v) is 6.09. The van der Waals surface area contributed by atoms with Gasteiger partial charge in [-0.3, -0.25) is 9.89 Å². The zero-order valence-corrected chi connectivity index (χ0v) is 12.2. The van der Waals surface area contributed by atoms with Crippen molar-refractivity contribution in [1.29, 1.82) is 0 Å². The molecule has 0 aromatic carbocycles. The first-order valence-electron chi connectivity index (χ1n) is 7.06. The van der Waals surface area contributed by atoms with Crippen molar-refractivity contribution in [1.82, 2.24) is 19.3 Å². The fourth-order valence-corrected chi connectivity index (χ4v) is 3.27. The number of aryl methyl sites for hydroxylation is 1. The summed E-state index contributed by atoms with van der Waals surface area (Å²) in [4.78, 5) is 12.8. The van der Waals surface area contributed by atoms with Gasteiger partial charge in [-0.15, -0.1) is 0 Å². The summed E-state index contributed by atoms with van der Waals surface area (Å²) >= 11 is 5.15. The molecule has 0 bridgehead atoms. The Kier molecular flexibility index (Phi) is 2.51. The molecule has 20 heavy (non-hydrogen) atoms. The van der Waals surface area contributed by atoms with Gasteiger partial charge in [0.1, 0.15) is 0 Å². The molecule has 0 spiro atoms. The first-order chi connectivity index (χ1) is 9.66. The molecule has 0 radical (unpaired) electrons. The van der Waals surface area contributed by atoms with Crippen LogP contribution in [0.25, 0.3) is 11.4 Å². The van der Waals surface area contributed by atoms with Crippen LogP contribution in [0.1, 0.15) is 36.6 Å². The minimum Gasteiger partial charge on any atom is -0.309 e. The van der Waals surface area contributed by atoms with Gasteiger partial charge in [-0.25, -0.2) is 0 Å². The molecule has 0 aliphatic heterocycles. The molecule has 6 heteroatoms. The first-order valence-corrected chi connectivity index (χ1v) is 7.46. The maximum absolute atomic E-state index is 12.8. The Labute approximate surface area is 121 Å². The van der Waals surface area contributed by atoms with Gasteiger partial charge in [0.05, 0.1) is 5.56 Å². The molecule has 2 aromatic heterocycles. The van der Waals surface area contributed by atoms with E-state index in [9.17, 15) is 4.79 Å². The van der Waals surface area contributed by atoms with Gasteiger partial charge >= 0.3 is 0 Å². The molecule has 2 aliphatic carbocycles. The van der Waals surface area contributed by atoms with Crippen LogP contribution < -0.4 is 5.56 Å². The number of rotatable bonds is 2. The Hall–Kier alpha value is -1.69. The summed E-state index contributed by atoms with van der Waals surface area (Å²) in [6.07, 6.45) is 5.47. The predicted octanol–water partition coefficient (Wildman–Crippen LogP) is 2.13.